The Morgan fingerprint density at radius 2 is 1.96 bits per heavy atom. The second kappa shape index (κ2) is 7.64. The van der Waals surface area contributed by atoms with E-state index in [0.717, 1.165) is 37.9 Å². The summed E-state index contributed by atoms with van der Waals surface area (Å²) in [4.78, 5) is 12.0. The van der Waals surface area contributed by atoms with Crippen molar-refractivity contribution in [2.75, 3.05) is 7.11 Å². The molecule has 0 fully saturated rings. The number of fused-ring (bicyclic) bond motifs is 1. The van der Waals surface area contributed by atoms with Gasteiger partial charge in [0.15, 0.2) is 0 Å². The molecular weight excluding hydrogens is 394 g/mol. The molecule has 1 N–H and O–H groups in total. The summed E-state index contributed by atoms with van der Waals surface area (Å²) in [5, 5.41) is 4.47. The highest BCUT2D eigenvalue weighted by Crippen LogP contribution is 2.28. The van der Waals surface area contributed by atoms with Crippen LogP contribution >= 0.6 is 15.9 Å². The first-order valence-corrected chi connectivity index (χ1v) is 9.29. The van der Waals surface area contributed by atoms with Crippen LogP contribution in [0.25, 0.3) is 11.0 Å². The van der Waals surface area contributed by atoms with Crippen molar-refractivity contribution in [1.29, 1.82) is 0 Å². The fourth-order valence-electron chi connectivity index (χ4n) is 3.00. The molecule has 1 atom stereocenters. The molecule has 0 bridgehead atoms. The zero-order valence-corrected chi connectivity index (χ0v) is 16.9. The molecule has 0 unspecified atom stereocenters. The third-order valence-corrected chi connectivity index (χ3v) is 5.41. The van der Waals surface area contributed by atoms with E-state index < -0.39 is 0 Å². The van der Waals surface area contributed by atoms with E-state index in [1.54, 1.807) is 13.2 Å². The zero-order chi connectivity index (χ0) is 18.8. The van der Waals surface area contributed by atoms with Crippen molar-refractivity contribution < 1.29 is 9.15 Å². The lowest BCUT2D eigenvalue weighted by atomic mass is 10.0. The largest absolute Gasteiger partial charge is 0.496 e. The number of benzene rings is 2. The molecule has 0 aliphatic carbocycles. The van der Waals surface area contributed by atoms with Gasteiger partial charge in [-0.15, -0.1) is 0 Å². The molecule has 26 heavy (non-hydrogen) atoms. The topological polar surface area (TPSA) is 51.5 Å². The van der Waals surface area contributed by atoms with Gasteiger partial charge in [-0.1, -0.05) is 18.2 Å². The molecule has 0 aliphatic heterocycles. The van der Waals surface area contributed by atoms with Gasteiger partial charge in [-0.05, 0) is 71.1 Å². The van der Waals surface area contributed by atoms with Gasteiger partial charge in [0.1, 0.15) is 11.3 Å². The van der Waals surface area contributed by atoms with Crippen LogP contribution in [0.5, 0.6) is 5.75 Å². The van der Waals surface area contributed by atoms with Crippen molar-refractivity contribution in [2.45, 2.75) is 33.4 Å². The van der Waals surface area contributed by atoms with Crippen molar-refractivity contribution in [3.05, 3.63) is 73.5 Å². The second-order valence-electron chi connectivity index (χ2n) is 6.47. The lowest BCUT2D eigenvalue weighted by Crippen LogP contribution is -2.19. The van der Waals surface area contributed by atoms with E-state index >= 15 is 0 Å². The first-order chi connectivity index (χ1) is 12.4. The summed E-state index contributed by atoms with van der Waals surface area (Å²) < 4.78 is 11.6. The van der Waals surface area contributed by atoms with E-state index in [1.807, 2.05) is 38.1 Å². The van der Waals surface area contributed by atoms with Gasteiger partial charge in [0.2, 0.25) is 0 Å². The summed E-state index contributed by atoms with van der Waals surface area (Å²) >= 11 is 3.52. The minimum atomic E-state index is -0.317. The van der Waals surface area contributed by atoms with Gasteiger partial charge in [-0.3, -0.25) is 0 Å². The number of halogens is 1. The Hall–Kier alpha value is -2.11. The van der Waals surface area contributed by atoms with Crippen molar-refractivity contribution >= 4 is 26.9 Å². The van der Waals surface area contributed by atoms with E-state index in [9.17, 15) is 4.79 Å². The van der Waals surface area contributed by atoms with Crippen LogP contribution in [0.4, 0.5) is 0 Å². The molecule has 2 aromatic carbocycles. The molecule has 5 heteroatoms. The number of hydrogen-bond acceptors (Lipinski definition) is 4. The number of ether oxygens (including phenoxy) is 1. The van der Waals surface area contributed by atoms with Gasteiger partial charge in [0.25, 0.3) is 0 Å². The quantitative estimate of drug-likeness (QED) is 0.593. The van der Waals surface area contributed by atoms with Crippen molar-refractivity contribution in [3.8, 4) is 5.75 Å². The maximum Gasteiger partial charge on any atom is 0.336 e. The predicted octanol–water partition coefficient (Wildman–Crippen LogP) is 5.03. The Balaban J connectivity index is 1.86. The van der Waals surface area contributed by atoms with Gasteiger partial charge in [0, 0.05) is 24.0 Å². The van der Waals surface area contributed by atoms with Gasteiger partial charge >= 0.3 is 5.63 Å². The van der Waals surface area contributed by atoms with Gasteiger partial charge < -0.3 is 14.5 Å². The van der Waals surface area contributed by atoms with Crippen LogP contribution in [0.1, 0.15) is 35.2 Å². The second-order valence-corrected chi connectivity index (χ2v) is 7.33. The Kier molecular flexibility index (Phi) is 5.49. The molecule has 1 aromatic heterocycles. The maximum atomic E-state index is 12.0. The van der Waals surface area contributed by atoms with Crippen LogP contribution in [0, 0.1) is 13.8 Å². The molecule has 0 amide bonds. The molecule has 4 nitrogen and oxygen atoms in total. The van der Waals surface area contributed by atoms with Gasteiger partial charge in [0.05, 0.1) is 11.6 Å². The summed E-state index contributed by atoms with van der Waals surface area (Å²) in [6.07, 6.45) is 0. The third-order valence-electron chi connectivity index (χ3n) is 4.79. The maximum absolute atomic E-state index is 12.0. The van der Waals surface area contributed by atoms with Crippen molar-refractivity contribution in [1.82, 2.24) is 5.32 Å². The van der Waals surface area contributed by atoms with Crippen LogP contribution in [0.2, 0.25) is 0 Å². The summed E-state index contributed by atoms with van der Waals surface area (Å²) in [6.45, 7) is 6.67. The molecule has 3 aromatic rings. The Morgan fingerprint density at radius 1 is 1.19 bits per heavy atom. The minimum Gasteiger partial charge on any atom is -0.496 e. The number of methoxy groups -OCH3 is 1. The fourth-order valence-corrected chi connectivity index (χ4v) is 3.56. The first kappa shape index (κ1) is 18.7. The van der Waals surface area contributed by atoms with Gasteiger partial charge in [-0.2, -0.15) is 0 Å². The normalized spacial score (nSPS) is 12.3. The number of rotatable bonds is 5. The highest BCUT2D eigenvalue weighted by molar-refractivity contribution is 9.10. The third kappa shape index (κ3) is 3.69. The Bertz CT molecular complexity index is 1010. The lowest BCUT2D eigenvalue weighted by Gasteiger charge is -2.16. The summed E-state index contributed by atoms with van der Waals surface area (Å²) in [7, 11) is 1.65. The average molecular weight is 416 g/mol. The molecule has 0 saturated carbocycles. The smallest absolute Gasteiger partial charge is 0.336 e. The van der Waals surface area contributed by atoms with E-state index in [2.05, 4.69) is 34.2 Å². The van der Waals surface area contributed by atoms with Crippen LogP contribution in [0.15, 0.2) is 50.1 Å². The first-order valence-electron chi connectivity index (χ1n) is 8.50. The number of aryl methyl sites for hydroxylation is 2. The zero-order valence-electron chi connectivity index (χ0n) is 15.4. The number of nitrogens with one attached hydrogen (secondary N) is 1. The standard InChI is InChI=1S/C21H22BrNO3/c1-12-5-7-17-16(10-20(24)26-21(17)13(12)2)11-23-14(3)15-6-8-19(25-4)18(22)9-15/h5-10,14,23H,11H2,1-4H3/t14-/m0/s1. The molecular formula is C21H22BrNO3. The number of hydrogen-bond donors (Lipinski definition) is 1. The highest BCUT2D eigenvalue weighted by atomic mass is 79.9. The predicted molar refractivity (Wildman–Crippen MR) is 108 cm³/mol. The molecule has 0 saturated heterocycles. The van der Waals surface area contributed by atoms with Crippen molar-refractivity contribution in [2.24, 2.45) is 0 Å². The van der Waals surface area contributed by atoms with Crippen LogP contribution < -0.4 is 15.7 Å². The van der Waals surface area contributed by atoms with Crippen LogP contribution in [-0.2, 0) is 6.54 Å². The van der Waals surface area contributed by atoms with Crippen LogP contribution in [-0.4, -0.2) is 7.11 Å². The lowest BCUT2D eigenvalue weighted by molar-refractivity contribution is 0.411. The molecule has 136 valence electrons. The molecule has 0 aliphatic rings. The Labute approximate surface area is 161 Å². The molecule has 1 heterocycles. The highest BCUT2D eigenvalue weighted by Gasteiger charge is 2.12. The minimum absolute atomic E-state index is 0.117. The monoisotopic (exact) mass is 415 g/mol. The van der Waals surface area contributed by atoms with Crippen molar-refractivity contribution in [3.63, 3.8) is 0 Å². The molecule has 3 rings (SSSR count). The summed E-state index contributed by atoms with van der Waals surface area (Å²) in [6, 6.07) is 11.8. The average Bonchev–Trinajstić information content (AvgIpc) is 2.62. The molecule has 0 spiro atoms. The fraction of sp³-hybridized carbons (Fsp3) is 0.286. The van der Waals surface area contributed by atoms with E-state index in [1.165, 1.54) is 0 Å². The van der Waals surface area contributed by atoms with E-state index in [-0.39, 0.29) is 11.7 Å². The van der Waals surface area contributed by atoms with E-state index in [0.29, 0.717) is 12.1 Å². The molecule has 0 radical (unpaired) electrons. The van der Waals surface area contributed by atoms with E-state index in [4.69, 9.17) is 9.15 Å². The Morgan fingerprint density at radius 3 is 2.65 bits per heavy atom. The van der Waals surface area contributed by atoms with Crippen LogP contribution in [0.3, 0.4) is 0 Å². The van der Waals surface area contributed by atoms with Gasteiger partial charge in [-0.25, -0.2) is 4.79 Å². The summed E-state index contributed by atoms with van der Waals surface area (Å²) in [5.74, 6) is 0.804. The SMILES string of the molecule is COc1ccc([C@H](C)NCc2cc(=O)oc3c(C)c(C)ccc23)cc1Br. The summed E-state index contributed by atoms with van der Waals surface area (Å²) in [5.41, 5.74) is 4.56.